The van der Waals surface area contributed by atoms with Crippen molar-refractivity contribution < 1.29 is 13.6 Å². The van der Waals surface area contributed by atoms with E-state index < -0.39 is 16.6 Å². The molecule has 33 heavy (non-hydrogen) atoms. The Labute approximate surface area is 217 Å². The number of rotatable bonds is 18. The van der Waals surface area contributed by atoms with Crippen LogP contribution in [0.1, 0.15) is 112 Å². The predicted molar refractivity (Wildman–Crippen MR) is 155 cm³/mol. The minimum Gasteiger partial charge on any atom is -0.414 e. The lowest BCUT2D eigenvalue weighted by atomic mass is 10.0. The smallest absolute Gasteiger partial charge is 0.192 e. The van der Waals surface area contributed by atoms with E-state index in [1.165, 1.54) is 51.4 Å². The number of unbranched alkanes of at least 4 members (excludes halogenated alkanes) is 7. The summed E-state index contributed by atoms with van der Waals surface area (Å²) in [4.78, 5) is 11.5. The van der Waals surface area contributed by atoms with Gasteiger partial charge in [0.05, 0.1) is 6.10 Å². The second-order valence-electron chi connectivity index (χ2n) is 12.9. The highest BCUT2D eigenvalue weighted by Gasteiger charge is 2.42. The molecule has 0 bridgehead atoms. The summed E-state index contributed by atoms with van der Waals surface area (Å²) in [5, 5.41) is 1.45. The molecule has 3 nitrogen and oxygen atoms in total. The molecule has 0 aromatic carbocycles. The summed E-state index contributed by atoms with van der Waals surface area (Å²) in [5.74, 6) is 0. The Kier molecular flexibility index (Phi) is 15.8. The first kappa shape index (κ1) is 33.5. The van der Waals surface area contributed by atoms with Crippen LogP contribution in [0.3, 0.4) is 0 Å². The van der Waals surface area contributed by atoms with Crippen molar-refractivity contribution in [1.82, 2.24) is 0 Å². The van der Waals surface area contributed by atoms with E-state index in [9.17, 15) is 4.79 Å². The molecule has 0 aliphatic rings. The fourth-order valence-electron chi connectivity index (χ4n) is 3.53. The minimum atomic E-state index is -1.94. The third-order valence-electron chi connectivity index (χ3n) is 7.83. The SMILES string of the molecule is CC(C)(C)[Si](C)(C)OC(CC=O)CC(CCCCCCCCCCBr)O[Si](C)(C)C(C)(C)C. The van der Waals surface area contributed by atoms with Crippen LogP contribution in [0.25, 0.3) is 0 Å². The molecular weight excluding hydrogens is 508 g/mol. The Morgan fingerprint density at radius 3 is 1.48 bits per heavy atom. The summed E-state index contributed by atoms with van der Waals surface area (Å²) in [7, 11) is -3.82. The maximum Gasteiger partial charge on any atom is 0.192 e. The first-order valence-corrected chi connectivity index (χ1v) is 20.4. The molecule has 0 radical (unpaired) electrons. The van der Waals surface area contributed by atoms with Gasteiger partial charge in [-0.1, -0.05) is 102 Å². The zero-order valence-corrected chi connectivity index (χ0v) is 27.4. The zero-order valence-electron chi connectivity index (χ0n) is 23.8. The minimum absolute atomic E-state index is 0.0346. The number of aldehydes is 1. The van der Waals surface area contributed by atoms with E-state index in [0.717, 1.165) is 24.5 Å². The molecule has 0 rings (SSSR count). The molecule has 0 amide bonds. The van der Waals surface area contributed by atoms with Gasteiger partial charge in [0.15, 0.2) is 16.6 Å². The normalized spacial score (nSPS) is 15.5. The highest BCUT2D eigenvalue weighted by Crippen LogP contribution is 2.40. The van der Waals surface area contributed by atoms with Gasteiger partial charge in [-0.3, -0.25) is 0 Å². The Morgan fingerprint density at radius 2 is 1.09 bits per heavy atom. The predicted octanol–water partition coefficient (Wildman–Crippen LogP) is 9.65. The number of alkyl halides is 1. The van der Waals surface area contributed by atoms with E-state index in [1.54, 1.807) is 0 Å². The molecule has 0 fully saturated rings. The van der Waals surface area contributed by atoms with Gasteiger partial charge < -0.3 is 13.6 Å². The summed E-state index contributed by atoms with van der Waals surface area (Å²) in [5.41, 5.74) is 0. The first-order chi connectivity index (χ1) is 15.1. The van der Waals surface area contributed by atoms with Gasteiger partial charge in [0.1, 0.15) is 6.29 Å². The van der Waals surface area contributed by atoms with Crippen molar-refractivity contribution in [2.45, 2.75) is 161 Å². The van der Waals surface area contributed by atoms with Gasteiger partial charge in [-0.2, -0.15) is 0 Å². The molecule has 2 atom stereocenters. The van der Waals surface area contributed by atoms with Crippen molar-refractivity contribution in [3.63, 3.8) is 0 Å². The van der Waals surface area contributed by atoms with Gasteiger partial charge in [-0.15, -0.1) is 0 Å². The molecule has 0 saturated heterocycles. The van der Waals surface area contributed by atoms with Crippen LogP contribution in [0.4, 0.5) is 0 Å². The number of hydrogen-bond donors (Lipinski definition) is 0. The first-order valence-electron chi connectivity index (χ1n) is 13.4. The molecule has 0 aliphatic carbocycles. The topological polar surface area (TPSA) is 35.5 Å². The molecule has 0 aromatic heterocycles. The Bertz CT molecular complexity index is 524. The fourth-order valence-corrected chi connectivity index (χ4v) is 6.71. The monoisotopic (exact) mass is 564 g/mol. The Hall–Kier alpha value is 0.504. The lowest BCUT2D eigenvalue weighted by molar-refractivity contribution is -0.109. The number of carbonyl (C=O) groups is 1. The number of hydrogen-bond acceptors (Lipinski definition) is 3. The summed E-state index contributed by atoms with van der Waals surface area (Å²) in [6.45, 7) is 23.0. The van der Waals surface area contributed by atoms with Gasteiger partial charge in [0, 0.05) is 17.9 Å². The molecule has 0 heterocycles. The molecule has 0 spiro atoms. The van der Waals surface area contributed by atoms with Crippen molar-refractivity contribution in [2.24, 2.45) is 0 Å². The van der Waals surface area contributed by atoms with Crippen LogP contribution < -0.4 is 0 Å². The van der Waals surface area contributed by atoms with Crippen molar-refractivity contribution in [3.8, 4) is 0 Å². The van der Waals surface area contributed by atoms with E-state index in [1.807, 2.05) is 0 Å². The lowest BCUT2D eigenvalue weighted by Crippen LogP contribution is -2.47. The largest absolute Gasteiger partial charge is 0.414 e. The fraction of sp³-hybridized carbons (Fsp3) is 0.963. The lowest BCUT2D eigenvalue weighted by Gasteiger charge is -2.42. The second-order valence-corrected chi connectivity index (χ2v) is 23.3. The summed E-state index contributed by atoms with van der Waals surface area (Å²) < 4.78 is 13.6. The maximum absolute atomic E-state index is 11.5. The second kappa shape index (κ2) is 15.6. The van der Waals surface area contributed by atoms with Crippen molar-refractivity contribution >= 4 is 38.9 Å². The van der Waals surface area contributed by atoms with Crippen LogP contribution in [0.15, 0.2) is 0 Å². The molecule has 0 aromatic rings. The van der Waals surface area contributed by atoms with Crippen LogP contribution in [-0.2, 0) is 13.6 Å². The van der Waals surface area contributed by atoms with Crippen LogP contribution in [0.5, 0.6) is 0 Å². The van der Waals surface area contributed by atoms with Crippen molar-refractivity contribution in [3.05, 3.63) is 0 Å². The number of halogens is 1. The molecule has 2 unspecified atom stereocenters. The third-order valence-corrected chi connectivity index (χ3v) is 17.5. The van der Waals surface area contributed by atoms with Gasteiger partial charge in [-0.25, -0.2) is 0 Å². The molecule has 0 saturated carbocycles. The third kappa shape index (κ3) is 14.0. The van der Waals surface area contributed by atoms with Gasteiger partial charge in [0.25, 0.3) is 0 Å². The summed E-state index contributed by atoms with van der Waals surface area (Å²) in [6, 6.07) is 0. The highest BCUT2D eigenvalue weighted by molar-refractivity contribution is 9.09. The van der Waals surface area contributed by atoms with E-state index in [4.69, 9.17) is 8.85 Å². The molecule has 0 aliphatic heterocycles. The van der Waals surface area contributed by atoms with Crippen LogP contribution >= 0.6 is 15.9 Å². The molecular formula is C27H57BrO3Si2. The quantitative estimate of drug-likeness (QED) is 0.0718. The number of carbonyl (C=O) groups excluding carboxylic acids is 1. The standard InChI is InChI=1S/C27H57BrO3Si2/c1-26(2,3)32(7,8)30-24(19-17-15-13-11-12-14-16-18-21-28)23-25(20-22-29)31-33(9,10)27(4,5)6/h22,24-25H,11-21,23H2,1-10H3. The van der Waals surface area contributed by atoms with Crippen molar-refractivity contribution in [1.29, 1.82) is 0 Å². The van der Waals surface area contributed by atoms with Gasteiger partial charge in [0.2, 0.25) is 0 Å². The Morgan fingerprint density at radius 1 is 0.697 bits per heavy atom. The van der Waals surface area contributed by atoms with Crippen LogP contribution in [-0.4, -0.2) is 40.5 Å². The van der Waals surface area contributed by atoms with E-state index in [0.29, 0.717) is 6.42 Å². The summed E-state index contributed by atoms with van der Waals surface area (Å²) >= 11 is 3.52. The van der Waals surface area contributed by atoms with Gasteiger partial charge >= 0.3 is 0 Å². The average molecular weight is 566 g/mol. The molecule has 0 N–H and O–H groups in total. The molecule has 198 valence electrons. The summed E-state index contributed by atoms with van der Waals surface area (Å²) in [6.07, 6.45) is 14.1. The Balaban J connectivity index is 5.04. The highest BCUT2D eigenvalue weighted by atomic mass is 79.9. The molecule has 6 heteroatoms. The van der Waals surface area contributed by atoms with Gasteiger partial charge in [-0.05, 0) is 55.5 Å². The van der Waals surface area contributed by atoms with E-state index >= 15 is 0 Å². The van der Waals surface area contributed by atoms with E-state index in [-0.39, 0.29) is 22.3 Å². The van der Waals surface area contributed by atoms with E-state index in [2.05, 4.69) is 83.7 Å². The zero-order chi connectivity index (χ0) is 25.8. The maximum atomic E-state index is 11.5. The van der Waals surface area contributed by atoms with Crippen LogP contribution in [0.2, 0.25) is 36.3 Å². The average Bonchev–Trinajstić information content (AvgIpc) is 2.64. The van der Waals surface area contributed by atoms with Crippen molar-refractivity contribution in [2.75, 3.05) is 5.33 Å². The van der Waals surface area contributed by atoms with Crippen LogP contribution in [0, 0.1) is 0 Å².